The summed E-state index contributed by atoms with van der Waals surface area (Å²) < 4.78 is 14.3. The van der Waals surface area contributed by atoms with E-state index in [1.165, 1.54) is 52.5 Å². The van der Waals surface area contributed by atoms with Crippen LogP contribution in [-0.4, -0.2) is 24.1 Å². The molecule has 0 saturated carbocycles. The van der Waals surface area contributed by atoms with Gasteiger partial charge >= 0.3 is 0 Å². The van der Waals surface area contributed by atoms with E-state index in [0.29, 0.717) is 23.1 Å². The van der Waals surface area contributed by atoms with E-state index in [2.05, 4.69) is 221 Å². The van der Waals surface area contributed by atoms with Crippen LogP contribution in [0, 0.1) is 0 Å². The number of fused-ring (bicyclic) bond motifs is 15. The first-order valence-electron chi connectivity index (χ1n) is 24.2. The Morgan fingerprint density at radius 3 is 1.83 bits per heavy atom. The van der Waals surface area contributed by atoms with E-state index in [0.717, 1.165) is 77.3 Å². The quantitative estimate of drug-likeness (QED) is 0.172. The third kappa shape index (κ3) is 5.74. The molecule has 0 N–H and O–H groups in total. The van der Waals surface area contributed by atoms with E-state index in [-0.39, 0.29) is 0 Å². The zero-order valence-corrected chi connectivity index (χ0v) is 39.2. The van der Waals surface area contributed by atoms with E-state index in [1.807, 2.05) is 12.1 Å². The first kappa shape index (κ1) is 39.4. The summed E-state index contributed by atoms with van der Waals surface area (Å²) in [5, 5.41) is 13.9. The molecule has 6 nitrogen and oxygen atoms in total. The average Bonchev–Trinajstić information content (AvgIpc) is 4.19. The van der Waals surface area contributed by atoms with Crippen LogP contribution in [0.4, 0.5) is 0 Å². The zero-order valence-electron chi connectivity index (χ0n) is 38.4. The van der Waals surface area contributed by atoms with Crippen molar-refractivity contribution < 1.29 is 4.42 Å². The molecule has 5 heterocycles. The van der Waals surface area contributed by atoms with E-state index in [1.54, 1.807) is 11.3 Å². The van der Waals surface area contributed by atoms with Crippen molar-refractivity contribution >= 4 is 119 Å². The predicted octanol–water partition coefficient (Wildman–Crippen LogP) is 17.6. The molecule has 16 rings (SSSR count). The van der Waals surface area contributed by atoms with Gasteiger partial charge in [-0.15, -0.1) is 11.3 Å². The maximum Gasteiger partial charge on any atom is 0.170 e. The van der Waals surface area contributed by atoms with Crippen LogP contribution in [0.25, 0.3) is 153 Å². The summed E-state index contributed by atoms with van der Waals surface area (Å²) in [5.41, 5.74) is 10.5. The lowest BCUT2D eigenvalue weighted by Crippen LogP contribution is -2.04. The number of furan rings is 1. The minimum Gasteiger partial charge on any atom is -0.455 e. The predicted molar refractivity (Wildman–Crippen MR) is 300 cm³/mol. The fraction of sp³-hybridized carbons (Fsp3) is 0. The topological polar surface area (TPSA) is 61.7 Å². The SMILES string of the molecule is c1ccc(-n2c3ccccc3c3ccc(-c4nc(-c5ccc6sc7ccccc7c6c5)nc(-c5c(-n6c7cc8ccccc8cc7c7c8ccccc8ccc76)ccc6c5oc5ccccc56)n4)cc32)cc1. The Kier molecular flexibility index (Phi) is 8.23. The van der Waals surface area contributed by atoms with Crippen LogP contribution < -0.4 is 0 Å². The zero-order chi connectivity index (χ0) is 47.0. The van der Waals surface area contributed by atoms with Crippen LogP contribution in [0.3, 0.4) is 0 Å². The lowest BCUT2D eigenvalue weighted by Gasteiger charge is -2.16. The van der Waals surface area contributed by atoms with Crippen LogP contribution in [0.1, 0.15) is 0 Å². The molecule has 334 valence electrons. The number of nitrogens with zero attached hydrogens (tertiary/aromatic N) is 5. The van der Waals surface area contributed by atoms with Gasteiger partial charge in [0.15, 0.2) is 17.5 Å². The molecule has 0 aliphatic rings. The van der Waals surface area contributed by atoms with Crippen LogP contribution in [0.15, 0.2) is 229 Å². The van der Waals surface area contributed by atoms with Gasteiger partial charge in [0, 0.05) is 69.3 Å². The van der Waals surface area contributed by atoms with Crippen molar-refractivity contribution in [1.29, 1.82) is 0 Å². The number of thiophene rings is 1. The largest absolute Gasteiger partial charge is 0.455 e. The van der Waals surface area contributed by atoms with Gasteiger partial charge in [-0.2, -0.15) is 0 Å². The highest BCUT2D eigenvalue weighted by Gasteiger charge is 2.26. The van der Waals surface area contributed by atoms with Gasteiger partial charge in [-0.25, -0.2) is 15.0 Å². The summed E-state index contributed by atoms with van der Waals surface area (Å²) in [5.74, 6) is 1.66. The maximum atomic E-state index is 7.07. The fourth-order valence-electron chi connectivity index (χ4n) is 11.5. The Labute approximate surface area is 414 Å². The molecule has 72 heavy (non-hydrogen) atoms. The van der Waals surface area contributed by atoms with Crippen LogP contribution in [0.2, 0.25) is 0 Å². The molecule has 0 saturated heterocycles. The molecule has 0 radical (unpaired) electrons. The van der Waals surface area contributed by atoms with Gasteiger partial charge in [0.05, 0.1) is 33.3 Å². The molecule has 0 amide bonds. The second-order valence-electron chi connectivity index (χ2n) is 18.7. The molecular formula is C65H37N5OS. The van der Waals surface area contributed by atoms with Gasteiger partial charge in [-0.05, 0) is 106 Å². The lowest BCUT2D eigenvalue weighted by molar-refractivity contribution is 0.669. The number of rotatable bonds is 5. The molecule has 0 unspecified atom stereocenters. The normalized spacial score (nSPS) is 12.2. The summed E-state index contributed by atoms with van der Waals surface area (Å²) in [7, 11) is 0. The van der Waals surface area contributed by atoms with Gasteiger partial charge in [-0.3, -0.25) is 0 Å². The molecule has 0 aliphatic heterocycles. The van der Waals surface area contributed by atoms with E-state index in [4.69, 9.17) is 19.4 Å². The Morgan fingerprint density at radius 1 is 0.347 bits per heavy atom. The Bertz CT molecular complexity index is 4940. The Balaban J connectivity index is 1.03. The number of benzene rings is 11. The molecule has 7 heteroatoms. The van der Waals surface area contributed by atoms with Gasteiger partial charge in [0.2, 0.25) is 0 Å². The third-order valence-corrected chi connectivity index (χ3v) is 15.9. The summed E-state index contributed by atoms with van der Waals surface area (Å²) in [6.45, 7) is 0. The standard InChI is InChI=1S/C65H37N5OS/c1-2-17-43(18-3-1)69-52-23-11-8-20-45(52)46-29-26-42(37-55(46)69)64-66-63(41-28-33-59-50(35-41)48-22-10-13-25-58(48)72-59)67-65(68-64)61-54(32-30-49-47-21-9-12-24-57(47)71-62(49)61)70-53-31-27-38-14-6-7-19-44(38)60(53)51-34-39-15-4-5-16-40(39)36-56(51)70/h1-37H. The number of hydrogen-bond donors (Lipinski definition) is 0. The van der Waals surface area contributed by atoms with Crippen molar-refractivity contribution in [2.24, 2.45) is 0 Å². The Hall–Kier alpha value is -9.43. The second-order valence-corrected chi connectivity index (χ2v) is 19.8. The summed E-state index contributed by atoms with van der Waals surface area (Å²) >= 11 is 1.80. The molecule has 5 aromatic heterocycles. The molecule has 0 fully saturated rings. The van der Waals surface area contributed by atoms with Gasteiger partial charge in [0.1, 0.15) is 11.2 Å². The maximum absolute atomic E-state index is 7.07. The highest BCUT2D eigenvalue weighted by atomic mass is 32.1. The highest BCUT2D eigenvalue weighted by Crippen LogP contribution is 2.45. The molecule has 0 aliphatic carbocycles. The van der Waals surface area contributed by atoms with Crippen molar-refractivity contribution in [3.05, 3.63) is 224 Å². The lowest BCUT2D eigenvalue weighted by atomic mass is 10.0. The molecule has 11 aromatic carbocycles. The van der Waals surface area contributed by atoms with Gasteiger partial charge in [0.25, 0.3) is 0 Å². The van der Waals surface area contributed by atoms with E-state index < -0.39 is 0 Å². The minimum atomic E-state index is 0.519. The van der Waals surface area contributed by atoms with Crippen molar-refractivity contribution in [2.75, 3.05) is 0 Å². The first-order valence-corrected chi connectivity index (χ1v) is 25.1. The molecule has 0 atom stereocenters. The van der Waals surface area contributed by atoms with Crippen LogP contribution in [0.5, 0.6) is 0 Å². The van der Waals surface area contributed by atoms with Gasteiger partial charge < -0.3 is 13.6 Å². The van der Waals surface area contributed by atoms with Crippen molar-refractivity contribution in [2.45, 2.75) is 0 Å². The van der Waals surface area contributed by atoms with Crippen molar-refractivity contribution in [3.8, 4) is 45.5 Å². The minimum absolute atomic E-state index is 0.519. The van der Waals surface area contributed by atoms with Crippen LogP contribution in [-0.2, 0) is 0 Å². The fourth-order valence-corrected chi connectivity index (χ4v) is 12.6. The van der Waals surface area contributed by atoms with E-state index in [9.17, 15) is 0 Å². The first-order chi connectivity index (χ1) is 35.7. The molecule has 16 aromatic rings. The van der Waals surface area contributed by atoms with Gasteiger partial charge in [-0.1, -0.05) is 140 Å². The smallest absolute Gasteiger partial charge is 0.170 e. The molecule has 0 spiro atoms. The highest BCUT2D eigenvalue weighted by molar-refractivity contribution is 7.25. The summed E-state index contributed by atoms with van der Waals surface area (Å²) in [4.78, 5) is 16.7. The number of hydrogen-bond acceptors (Lipinski definition) is 5. The molecule has 0 bridgehead atoms. The summed E-state index contributed by atoms with van der Waals surface area (Å²) in [6, 6.07) is 80.3. The van der Waals surface area contributed by atoms with Crippen molar-refractivity contribution in [3.63, 3.8) is 0 Å². The van der Waals surface area contributed by atoms with Crippen LogP contribution >= 0.6 is 11.3 Å². The molecular weight excluding hydrogens is 899 g/mol. The average molecular weight is 936 g/mol. The number of para-hydroxylation sites is 3. The summed E-state index contributed by atoms with van der Waals surface area (Å²) in [6.07, 6.45) is 0. The Morgan fingerprint density at radius 2 is 0.972 bits per heavy atom. The van der Waals surface area contributed by atoms with E-state index >= 15 is 0 Å². The number of aromatic nitrogens is 5. The third-order valence-electron chi connectivity index (χ3n) is 14.7. The monoisotopic (exact) mass is 935 g/mol. The van der Waals surface area contributed by atoms with Crippen molar-refractivity contribution in [1.82, 2.24) is 24.1 Å². The second kappa shape index (κ2) is 15.0.